The molecule has 0 aliphatic heterocycles. The van der Waals surface area contributed by atoms with Crippen LogP contribution in [0.3, 0.4) is 0 Å². The maximum Gasteiger partial charge on any atom is 0.273 e. The highest BCUT2D eigenvalue weighted by atomic mass is 16.5. The predicted octanol–water partition coefficient (Wildman–Crippen LogP) is 1.93. The van der Waals surface area contributed by atoms with Gasteiger partial charge in [0.1, 0.15) is 5.76 Å². The molecule has 1 aromatic heterocycles. The molecule has 0 bridgehead atoms. The normalized spacial score (nSPS) is 11.8. The van der Waals surface area contributed by atoms with Gasteiger partial charge in [-0.3, -0.25) is 9.59 Å². The fourth-order valence-electron chi connectivity index (χ4n) is 2.00. The topological polar surface area (TPSA) is 75.4 Å². The van der Waals surface area contributed by atoms with Crippen molar-refractivity contribution in [1.82, 2.24) is 15.4 Å². The molecule has 0 aliphatic rings. The van der Waals surface area contributed by atoms with Crippen LogP contribution in [0, 0.1) is 6.92 Å². The molecule has 1 atom stereocenters. The first-order valence-electron chi connectivity index (χ1n) is 6.96. The molecule has 0 saturated carbocycles. The van der Waals surface area contributed by atoms with E-state index in [0.717, 1.165) is 5.56 Å². The third kappa shape index (κ3) is 3.94. The smallest absolute Gasteiger partial charge is 0.273 e. The minimum Gasteiger partial charge on any atom is -0.361 e. The van der Waals surface area contributed by atoms with Crippen molar-refractivity contribution in [2.75, 3.05) is 14.1 Å². The van der Waals surface area contributed by atoms with Gasteiger partial charge in [-0.15, -0.1) is 0 Å². The highest BCUT2D eigenvalue weighted by molar-refractivity contribution is 5.92. The number of amides is 2. The van der Waals surface area contributed by atoms with Crippen LogP contribution >= 0.6 is 0 Å². The lowest BCUT2D eigenvalue weighted by Gasteiger charge is -2.20. The quantitative estimate of drug-likeness (QED) is 0.915. The summed E-state index contributed by atoms with van der Waals surface area (Å²) in [5.74, 6) is 0.133. The zero-order chi connectivity index (χ0) is 16.1. The fraction of sp³-hybridized carbons (Fsp3) is 0.312. The van der Waals surface area contributed by atoms with Gasteiger partial charge in [-0.2, -0.15) is 0 Å². The lowest BCUT2D eigenvalue weighted by molar-refractivity contribution is -0.129. The van der Waals surface area contributed by atoms with E-state index in [9.17, 15) is 9.59 Å². The van der Waals surface area contributed by atoms with Gasteiger partial charge in [-0.25, -0.2) is 0 Å². The van der Waals surface area contributed by atoms with Crippen LogP contribution in [0.25, 0.3) is 0 Å². The molecule has 116 valence electrons. The van der Waals surface area contributed by atoms with Gasteiger partial charge in [0.2, 0.25) is 5.91 Å². The van der Waals surface area contributed by atoms with Gasteiger partial charge < -0.3 is 14.7 Å². The molecule has 6 nitrogen and oxygen atoms in total. The number of hydrogen-bond acceptors (Lipinski definition) is 4. The van der Waals surface area contributed by atoms with Crippen LogP contribution in [-0.4, -0.2) is 36.0 Å². The monoisotopic (exact) mass is 301 g/mol. The summed E-state index contributed by atoms with van der Waals surface area (Å²) in [6.45, 7) is 1.72. The second-order valence-electron chi connectivity index (χ2n) is 5.25. The third-order valence-electron chi connectivity index (χ3n) is 3.25. The molecule has 0 spiro atoms. The molecule has 0 radical (unpaired) electrons. The Morgan fingerprint density at radius 3 is 2.50 bits per heavy atom. The summed E-state index contributed by atoms with van der Waals surface area (Å²) >= 11 is 0. The number of rotatable bonds is 5. The first kappa shape index (κ1) is 15.8. The number of benzene rings is 1. The van der Waals surface area contributed by atoms with E-state index >= 15 is 0 Å². The minimum absolute atomic E-state index is 0.0644. The van der Waals surface area contributed by atoms with E-state index in [1.54, 1.807) is 27.1 Å². The number of nitrogens with zero attached hydrogens (tertiary/aromatic N) is 2. The Labute approximate surface area is 129 Å². The third-order valence-corrected chi connectivity index (χ3v) is 3.25. The molecule has 2 rings (SSSR count). The predicted molar refractivity (Wildman–Crippen MR) is 81.2 cm³/mol. The van der Waals surface area contributed by atoms with Crippen molar-refractivity contribution in [2.24, 2.45) is 0 Å². The van der Waals surface area contributed by atoms with Crippen LogP contribution in [0.15, 0.2) is 40.9 Å². The van der Waals surface area contributed by atoms with Crippen LogP contribution in [-0.2, 0) is 4.79 Å². The lowest BCUT2D eigenvalue weighted by Crippen LogP contribution is -2.33. The standard InChI is InChI=1S/C16H19N3O3/c1-11-9-14(18-22-11)16(21)17-13(10-15(20)19(2)3)12-7-5-4-6-8-12/h4-9,13H,10H2,1-3H3,(H,17,21)/t13-/m1/s1. The Morgan fingerprint density at radius 2 is 1.95 bits per heavy atom. The van der Waals surface area contributed by atoms with Crippen molar-refractivity contribution in [2.45, 2.75) is 19.4 Å². The molecule has 0 unspecified atom stereocenters. The van der Waals surface area contributed by atoms with Crippen molar-refractivity contribution in [3.63, 3.8) is 0 Å². The number of aryl methyl sites for hydroxylation is 1. The summed E-state index contributed by atoms with van der Waals surface area (Å²) in [6, 6.07) is 10.5. The second-order valence-corrected chi connectivity index (χ2v) is 5.25. The maximum absolute atomic E-state index is 12.2. The number of hydrogen-bond donors (Lipinski definition) is 1. The van der Waals surface area contributed by atoms with Gasteiger partial charge in [0.15, 0.2) is 5.69 Å². The van der Waals surface area contributed by atoms with Gasteiger partial charge in [0.05, 0.1) is 12.5 Å². The Morgan fingerprint density at radius 1 is 1.27 bits per heavy atom. The van der Waals surface area contributed by atoms with E-state index in [0.29, 0.717) is 5.76 Å². The molecule has 2 amide bonds. The average molecular weight is 301 g/mol. The average Bonchev–Trinajstić information content (AvgIpc) is 2.94. The Hall–Kier alpha value is -2.63. The minimum atomic E-state index is -0.416. The van der Waals surface area contributed by atoms with Crippen molar-refractivity contribution in [3.05, 3.63) is 53.4 Å². The number of carbonyl (C=O) groups excluding carboxylic acids is 2. The SMILES string of the molecule is Cc1cc(C(=O)N[C@H](CC(=O)N(C)C)c2ccccc2)no1. The van der Waals surface area contributed by atoms with Crippen LogP contribution in [0.5, 0.6) is 0 Å². The van der Waals surface area contributed by atoms with Crippen LogP contribution in [0.2, 0.25) is 0 Å². The Kier molecular flexibility index (Phi) is 4.93. The summed E-state index contributed by atoms with van der Waals surface area (Å²) in [5, 5.41) is 6.53. The maximum atomic E-state index is 12.2. The Bertz CT molecular complexity index is 650. The molecule has 0 saturated heterocycles. The molecule has 1 aromatic carbocycles. The first-order valence-corrected chi connectivity index (χ1v) is 6.96. The summed E-state index contributed by atoms with van der Waals surface area (Å²) in [7, 11) is 3.38. The van der Waals surface area contributed by atoms with Gasteiger partial charge in [0, 0.05) is 20.2 Å². The van der Waals surface area contributed by atoms with E-state index in [1.165, 1.54) is 4.90 Å². The molecule has 1 heterocycles. The molecule has 22 heavy (non-hydrogen) atoms. The molecular weight excluding hydrogens is 282 g/mol. The van der Waals surface area contributed by atoms with E-state index in [-0.39, 0.29) is 23.9 Å². The molecule has 1 N–H and O–H groups in total. The van der Waals surface area contributed by atoms with E-state index in [1.807, 2.05) is 30.3 Å². The zero-order valence-corrected chi connectivity index (χ0v) is 12.9. The largest absolute Gasteiger partial charge is 0.361 e. The van der Waals surface area contributed by atoms with Crippen molar-refractivity contribution in [3.8, 4) is 0 Å². The molecule has 0 fully saturated rings. The van der Waals surface area contributed by atoms with Crippen LogP contribution in [0.1, 0.15) is 34.3 Å². The van der Waals surface area contributed by atoms with Gasteiger partial charge >= 0.3 is 0 Å². The van der Waals surface area contributed by atoms with E-state index in [2.05, 4.69) is 10.5 Å². The van der Waals surface area contributed by atoms with E-state index in [4.69, 9.17) is 4.52 Å². The highest BCUT2D eigenvalue weighted by Crippen LogP contribution is 2.18. The molecule has 2 aromatic rings. The van der Waals surface area contributed by atoms with Gasteiger partial charge in [0.25, 0.3) is 5.91 Å². The van der Waals surface area contributed by atoms with Gasteiger partial charge in [-0.05, 0) is 12.5 Å². The zero-order valence-electron chi connectivity index (χ0n) is 12.9. The van der Waals surface area contributed by atoms with Crippen LogP contribution < -0.4 is 5.32 Å². The van der Waals surface area contributed by atoms with Crippen molar-refractivity contribution in [1.29, 1.82) is 0 Å². The van der Waals surface area contributed by atoms with Gasteiger partial charge in [-0.1, -0.05) is 35.5 Å². The van der Waals surface area contributed by atoms with Crippen LogP contribution in [0.4, 0.5) is 0 Å². The summed E-state index contributed by atoms with van der Waals surface area (Å²) in [6.07, 6.45) is 0.180. The molecular formula is C16H19N3O3. The number of aromatic nitrogens is 1. The lowest BCUT2D eigenvalue weighted by atomic mass is 10.0. The number of nitrogens with one attached hydrogen (secondary N) is 1. The second kappa shape index (κ2) is 6.89. The van der Waals surface area contributed by atoms with Crippen molar-refractivity contribution < 1.29 is 14.1 Å². The summed E-state index contributed by atoms with van der Waals surface area (Å²) < 4.78 is 4.91. The summed E-state index contributed by atoms with van der Waals surface area (Å²) in [5.41, 5.74) is 1.07. The number of carbonyl (C=O) groups is 2. The highest BCUT2D eigenvalue weighted by Gasteiger charge is 2.21. The first-order chi connectivity index (χ1) is 10.5. The summed E-state index contributed by atoms with van der Waals surface area (Å²) in [4.78, 5) is 25.7. The van der Waals surface area contributed by atoms with Crippen molar-refractivity contribution >= 4 is 11.8 Å². The molecule has 6 heteroatoms. The molecule has 0 aliphatic carbocycles. The fourth-order valence-corrected chi connectivity index (χ4v) is 2.00. The van der Waals surface area contributed by atoms with E-state index < -0.39 is 6.04 Å². The Balaban J connectivity index is 2.17.